The highest BCUT2D eigenvalue weighted by Gasteiger charge is 2.54. The summed E-state index contributed by atoms with van der Waals surface area (Å²) >= 11 is 0. The number of ether oxygens (including phenoxy) is 1. The van der Waals surface area contributed by atoms with Gasteiger partial charge in [-0.2, -0.15) is 26.3 Å². The molecule has 2 bridgehead atoms. The second kappa shape index (κ2) is 36.8. The largest absolute Gasteiger partial charge is 0.422 e. The number of nitrogens with one attached hydrogen (secondary N) is 3. The van der Waals surface area contributed by atoms with Crippen LogP contribution >= 0.6 is 0 Å². The van der Waals surface area contributed by atoms with Crippen LogP contribution in [0.4, 0.5) is 35.1 Å². The minimum Gasteiger partial charge on any atom is -0.377 e. The molecule has 25 nitrogen and oxygen atoms in total. The lowest BCUT2D eigenvalue weighted by Gasteiger charge is -2.46. The van der Waals surface area contributed by atoms with Gasteiger partial charge in [0, 0.05) is 88.9 Å². The molecule has 604 valence electrons. The van der Waals surface area contributed by atoms with Gasteiger partial charge in [-0.05, 0) is 131 Å². The first-order chi connectivity index (χ1) is 51.0. The Hall–Kier alpha value is -8.78. The summed E-state index contributed by atoms with van der Waals surface area (Å²) in [5.74, 6) is -15.4. The van der Waals surface area contributed by atoms with E-state index in [1.807, 2.05) is 0 Å². The molecule has 109 heavy (non-hydrogen) atoms. The number of halogens is 8. The van der Waals surface area contributed by atoms with Gasteiger partial charge in [0.2, 0.25) is 70.9 Å². The first-order valence-corrected chi connectivity index (χ1v) is 37.2. The minimum absolute atomic E-state index is 0.0332. The van der Waals surface area contributed by atoms with Gasteiger partial charge in [0.25, 0.3) is 0 Å². The molecule has 0 unspecified atom stereocenters. The van der Waals surface area contributed by atoms with E-state index in [0.717, 1.165) is 65.6 Å². The molecule has 2 saturated carbocycles. The van der Waals surface area contributed by atoms with Gasteiger partial charge in [-0.15, -0.1) is 0 Å². The highest BCUT2D eigenvalue weighted by atomic mass is 19.4. The Morgan fingerprint density at radius 1 is 0.661 bits per heavy atom. The Kier molecular flexibility index (Phi) is 29.5. The van der Waals surface area contributed by atoms with Crippen LogP contribution in [0.15, 0.2) is 48.0 Å². The third kappa shape index (κ3) is 21.0. The summed E-state index contributed by atoms with van der Waals surface area (Å²) in [5.41, 5.74) is -4.72. The zero-order valence-corrected chi connectivity index (χ0v) is 64.7. The summed E-state index contributed by atoms with van der Waals surface area (Å²) in [4.78, 5) is 191. The third-order valence-corrected chi connectivity index (χ3v) is 22.0. The van der Waals surface area contributed by atoms with E-state index in [0.29, 0.717) is 56.2 Å². The molecule has 2 aromatic rings. The molecule has 33 heteroatoms. The normalized spacial score (nSPS) is 26.2. The molecule has 0 aromatic heterocycles. The molecular weight excluding hydrogens is 1440 g/mol. The molecule has 1 spiro atoms. The van der Waals surface area contributed by atoms with Crippen LogP contribution in [0.25, 0.3) is 0 Å². The van der Waals surface area contributed by atoms with Crippen molar-refractivity contribution in [3.05, 3.63) is 81.9 Å². The lowest BCUT2D eigenvalue weighted by molar-refractivity contribution is -0.158. The van der Waals surface area contributed by atoms with Crippen LogP contribution < -0.4 is 16.0 Å². The molecular formula is C76H106F8N12O13. The molecule has 3 N–H and O–H groups in total. The van der Waals surface area contributed by atoms with Crippen LogP contribution in [0, 0.1) is 29.4 Å². The molecule has 0 radical (unpaired) electrons. The second-order valence-corrected chi connectivity index (χ2v) is 30.6. The predicted molar refractivity (Wildman–Crippen MR) is 383 cm³/mol. The number of benzene rings is 2. The third-order valence-electron chi connectivity index (χ3n) is 22.0. The van der Waals surface area contributed by atoms with Crippen LogP contribution in [0.5, 0.6) is 0 Å². The van der Waals surface area contributed by atoms with Crippen molar-refractivity contribution >= 4 is 70.9 Å². The molecule has 3 aliphatic heterocycles. The van der Waals surface area contributed by atoms with E-state index in [1.165, 1.54) is 59.1 Å². The van der Waals surface area contributed by atoms with Crippen LogP contribution in [-0.4, -0.2) is 264 Å². The summed E-state index contributed by atoms with van der Waals surface area (Å²) in [7, 11) is 10.7. The highest BCUT2D eigenvalue weighted by Crippen LogP contribution is 2.40. The lowest BCUT2D eigenvalue weighted by Crippen LogP contribution is -2.68. The molecule has 2 aliphatic carbocycles. The molecule has 7 rings (SSSR count). The lowest BCUT2D eigenvalue weighted by atomic mass is 9.74. The molecule has 10 atom stereocenters. The zero-order valence-electron chi connectivity index (χ0n) is 64.7. The number of carbonyl (C=O) groups is 12. The van der Waals surface area contributed by atoms with Crippen LogP contribution in [-0.2, 0) is 87.5 Å². The number of fused-ring (bicyclic) bond motifs is 3. The average Bonchev–Trinajstić information content (AvgIpc) is 1.73. The molecule has 5 aliphatic rings. The van der Waals surface area contributed by atoms with Gasteiger partial charge in [-0.25, -0.2) is 8.78 Å². The fourth-order valence-corrected chi connectivity index (χ4v) is 15.3. The van der Waals surface area contributed by atoms with Crippen molar-refractivity contribution in [3.63, 3.8) is 0 Å². The Morgan fingerprint density at radius 2 is 1.28 bits per heavy atom. The Bertz CT molecular complexity index is 3690. The topological polar surface area (TPSA) is 279 Å². The second-order valence-electron chi connectivity index (χ2n) is 30.6. The zero-order chi connectivity index (χ0) is 81.2. The number of amides is 12. The quantitative estimate of drug-likeness (QED) is 0.151. The van der Waals surface area contributed by atoms with Crippen molar-refractivity contribution in [1.29, 1.82) is 0 Å². The summed E-state index contributed by atoms with van der Waals surface area (Å²) in [6.07, 6.45) is -8.81. The number of rotatable bonds is 13. The maximum Gasteiger partial charge on any atom is 0.422 e. The van der Waals surface area contributed by atoms with Crippen molar-refractivity contribution in [3.8, 4) is 0 Å². The number of carbonyl (C=O) groups excluding carboxylic acids is 12. The smallest absolute Gasteiger partial charge is 0.377 e. The van der Waals surface area contributed by atoms with Crippen molar-refractivity contribution in [2.75, 3.05) is 89.2 Å². The fraction of sp³-hybridized carbons (Fsp3) is 0.658. The minimum atomic E-state index is -5.46. The maximum atomic E-state index is 15.5. The Labute approximate surface area is 631 Å². The van der Waals surface area contributed by atoms with Gasteiger partial charge >= 0.3 is 12.4 Å². The molecule has 12 amide bonds. The van der Waals surface area contributed by atoms with Crippen molar-refractivity contribution < 1.29 is 97.4 Å². The van der Waals surface area contributed by atoms with E-state index in [1.54, 1.807) is 47.6 Å². The monoisotopic (exact) mass is 1550 g/mol. The summed E-state index contributed by atoms with van der Waals surface area (Å²) < 4.78 is 120. The van der Waals surface area contributed by atoms with Crippen LogP contribution in [0.3, 0.4) is 0 Å². The predicted octanol–water partition coefficient (Wildman–Crippen LogP) is 6.13. The van der Waals surface area contributed by atoms with Crippen LogP contribution in [0.1, 0.15) is 154 Å². The number of hydrogen-bond acceptors (Lipinski definition) is 13. The van der Waals surface area contributed by atoms with Crippen molar-refractivity contribution in [2.24, 2.45) is 17.8 Å². The molecule has 2 aromatic carbocycles. The number of aryl methyl sites for hydroxylation is 1. The van der Waals surface area contributed by atoms with Crippen LogP contribution in [0.2, 0.25) is 0 Å². The van der Waals surface area contributed by atoms with Gasteiger partial charge in [-0.3, -0.25) is 57.5 Å². The van der Waals surface area contributed by atoms with E-state index in [-0.39, 0.29) is 69.7 Å². The van der Waals surface area contributed by atoms with Crippen molar-refractivity contribution in [2.45, 2.75) is 217 Å². The first kappa shape index (κ1) is 87.4. The van der Waals surface area contributed by atoms with Gasteiger partial charge in [0.05, 0.1) is 31.2 Å². The fourth-order valence-electron chi connectivity index (χ4n) is 15.3. The number of nitrogens with zero attached hydrogens (tertiary/aromatic N) is 9. The first-order valence-electron chi connectivity index (χ1n) is 37.2. The van der Waals surface area contributed by atoms with E-state index in [2.05, 4.69) is 16.0 Å². The Balaban J connectivity index is 1.36. The number of allylic oxidation sites excluding steroid dienone is 1. The Morgan fingerprint density at radius 3 is 1.83 bits per heavy atom. The number of hydrogen-bond donors (Lipinski definition) is 3. The van der Waals surface area contributed by atoms with E-state index in [4.69, 9.17) is 4.74 Å². The SMILES string of the molecule is CCO[C@@H]1C[C@H]2C(=O)NC3(CCC3)C(=O)N(C)[C@@H](C3CCCC3)C(=O)N(C)[C@H](C(=O)N(C)C)CC(=O)N(C)[C@@H](CC(C)C)C(=O)N[C@@H]([C@@H](C)CC)C(=O)N(C)CC(=O)N(C)[C@H]3CC/C=C(/C)CN(C3=O)[C@@H](Cc3ccc(C(F)(F)F)cc3)C(=O)N(C)CC(=O)N[C@@H](CCc3cc(F)c(C(F)(F)F)c(F)c3)C(=O)N2C1. The van der Waals surface area contributed by atoms with E-state index < -0.39 is 222 Å². The molecule has 2 saturated heterocycles. The van der Waals surface area contributed by atoms with Gasteiger partial charge in [-0.1, -0.05) is 70.7 Å². The highest BCUT2D eigenvalue weighted by molar-refractivity contribution is 6.01. The van der Waals surface area contributed by atoms with Gasteiger partial charge in [0.15, 0.2) is 0 Å². The average molecular weight is 1550 g/mol. The molecule has 3 heterocycles. The van der Waals surface area contributed by atoms with Gasteiger partial charge < -0.3 is 64.8 Å². The summed E-state index contributed by atoms with van der Waals surface area (Å²) in [6.45, 7) is 8.11. The summed E-state index contributed by atoms with van der Waals surface area (Å²) in [5, 5.41) is 8.28. The van der Waals surface area contributed by atoms with E-state index in [9.17, 15) is 55.1 Å². The number of likely N-dealkylation sites (N-methyl/N-ethyl adjacent to an activating group) is 7. The standard InChI is InChI=1S/C76H106F8N12O13/c1-15-45(6)63-71(106)90(10)42-61(99)91(11)54-24-19-21-44(5)39-95(70(54)105)58(36-46-25-28-49(29-26-46)75(79,80)81)69(104)89(9)41-59(97)85-53(30-27-47-34-51(77)62(52(78)35-47)76(82,83)84)67(102)96-40-50(109-16-2)37-56(96)66(101)87-74(31-20-32-74)73(108)94(14)64(48-22-17-18-23-48)72(107)93(13)57(68(103)88(7)8)38-60(98)92(12)55(33-43(3)4)65(100)86-63/h21,25-26,28-29,34-35,43,45,48,50,53-58,63-64H,15-20,22-24,27,30-33,36-42H2,1-14H3,(H,85,97)(H,86,100)(H,87,101)/b44-21-/t45-,50+,53-,54-,55-,56-,57-,58-,63-,64-/m0/s1. The number of alkyl halides is 6. The van der Waals surface area contributed by atoms with E-state index >= 15 is 37.5 Å². The summed E-state index contributed by atoms with van der Waals surface area (Å²) in [6, 6.07) is -7.31. The molecule has 4 fully saturated rings. The maximum absolute atomic E-state index is 15.5. The van der Waals surface area contributed by atoms with Crippen molar-refractivity contribution in [1.82, 2.24) is 60.0 Å². The van der Waals surface area contributed by atoms with Gasteiger partial charge in [0.1, 0.15) is 71.1 Å².